The van der Waals surface area contributed by atoms with Crippen molar-refractivity contribution in [2.24, 2.45) is 0 Å². The van der Waals surface area contributed by atoms with Crippen molar-refractivity contribution >= 4 is 0 Å². The highest BCUT2D eigenvalue weighted by atomic mass is 16.7. The Morgan fingerprint density at radius 1 is 1.05 bits per heavy atom. The smallest absolute Gasteiger partial charge is 0.231 e. The number of ether oxygens (including phenoxy) is 3. The SMILES string of the molecule is OC(CCOc1ccc2c(c1)OCO2)c1ccccc1. The lowest BCUT2D eigenvalue weighted by Gasteiger charge is -2.12. The largest absolute Gasteiger partial charge is 0.493 e. The summed E-state index contributed by atoms with van der Waals surface area (Å²) in [6.07, 6.45) is 0.0311. The summed E-state index contributed by atoms with van der Waals surface area (Å²) in [5, 5.41) is 10.0. The van der Waals surface area contributed by atoms with E-state index in [4.69, 9.17) is 14.2 Å². The maximum atomic E-state index is 10.0. The third-order valence-electron chi connectivity index (χ3n) is 3.19. The van der Waals surface area contributed by atoms with Gasteiger partial charge in [0.05, 0.1) is 12.7 Å². The molecule has 0 aromatic heterocycles. The van der Waals surface area contributed by atoms with Gasteiger partial charge in [-0.15, -0.1) is 0 Å². The van der Waals surface area contributed by atoms with E-state index >= 15 is 0 Å². The standard InChI is InChI=1S/C16H16O4/c17-14(12-4-2-1-3-5-12)8-9-18-13-6-7-15-16(10-13)20-11-19-15/h1-7,10,14,17H,8-9,11H2. The van der Waals surface area contributed by atoms with Crippen LogP contribution < -0.4 is 14.2 Å². The molecule has 20 heavy (non-hydrogen) atoms. The fourth-order valence-electron chi connectivity index (χ4n) is 2.10. The topological polar surface area (TPSA) is 47.9 Å². The first-order chi connectivity index (χ1) is 9.83. The number of rotatable bonds is 5. The van der Waals surface area contributed by atoms with E-state index in [9.17, 15) is 5.11 Å². The van der Waals surface area contributed by atoms with Gasteiger partial charge in [-0.05, 0) is 17.7 Å². The minimum absolute atomic E-state index is 0.255. The summed E-state index contributed by atoms with van der Waals surface area (Å²) < 4.78 is 16.1. The van der Waals surface area contributed by atoms with Crippen molar-refractivity contribution in [2.75, 3.05) is 13.4 Å². The van der Waals surface area contributed by atoms with Crippen molar-refractivity contribution in [1.82, 2.24) is 0 Å². The number of hydrogen-bond acceptors (Lipinski definition) is 4. The molecule has 4 nitrogen and oxygen atoms in total. The van der Waals surface area contributed by atoms with Crippen molar-refractivity contribution in [3.05, 3.63) is 54.1 Å². The van der Waals surface area contributed by atoms with E-state index in [1.165, 1.54) is 0 Å². The number of hydrogen-bond donors (Lipinski definition) is 1. The maximum Gasteiger partial charge on any atom is 0.231 e. The second kappa shape index (κ2) is 5.84. The van der Waals surface area contributed by atoms with Gasteiger partial charge in [0.15, 0.2) is 11.5 Å². The molecule has 1 aliphatic rings. The van der Waals surface area contributed by atoms with Crippen molar-refractivity contribution < 1.29 is 19.3 Å². The highest BCUT2D eigenvalue weighted by molar-refractivity contribution is 5.46. The van der Waals surface area contributed by atoms with Gasteiger partial charge in [-0.3, -0.25) is 0 Å². The second-order valence-corrected chi connectivity index (χ2v) is 4.58. The lowest BCUT2D eigenvalue weighted by molar-refractivity contribution is 0.140. The fraction of sp³-hybridized carbons (Fsp3) is 0.250. The van der Waals surface area contributed by atoms with Crippen molar-refractivity contribution in [2.45, 2.75) is 12.5 Å². The summed E-state index contributed by atoms with van der Waals surface area (Å²) in [7, 11) is 0. The summed E-state index contributed by atoms with van der Waals surface area (Å²) >= 11 is 0. The third kappa shape index (κ3) is 2.86. The summed E-state index contributed by atoms with van der Waals surface area (Å²) in [4.78, 5) is 0. The summed E-state index contributed by atoms with van der Waals surface area (Å²) in [5.41, 5.74) is 0.904. The molecule has 0 aliphatic carbocycles. The monoisotopic (exact) mass is 272 g/mol. The van der Waals surface area contributed by atoms with Crippen LogP contribution in [0.1, 0.15) is 18.1 Å². The van der Waals surface area contributed by atoms with Crippen LogP contribution in [0.4, 0.5) is 0 Å². The molecule has 3 rings (SSSR count). The van der Waals surface area contributed by atoms with Gasteiger partial charge in [-0.1, -0.05) is 30.3 Å². The Bertz CT molecular complexity index is 568. The Hall–Kier alpha value is -2.20. The van der Waals surface area contributed by atoms with Crippen molar-refractivity contribution in [3.8, 4) is 17.2 Å². The van der Waals surface area contributed by atoms with Crippen LogP contribution >= 0.6 is 0 Å². The van der Waals surface area contributed by atoms with E-state index in [-0.39, 0.29) is 6.79 Å². The molecule has 0 radical (unpaired) electrons. The fourth-order valence-corrected chi connectivity index (χ4v) is 2.10. The first kappa shape index (κ1) is 12.8. The first-order valence-electron chi connectivity index (χ1n) is 6.58. The zero-order chi connectivity index (χ0) is 13.8. The first-order valence-corrected chi connectivity index (χ1v) is 6.58. The Kier molecular flexibility index (Phi) is 3.74. The van der Waals surface area contributed by atoms with Crippen LogP contribution in [0.25, 0.3) is 0 Å². The van der Waals surface area contributed by atoms with Gasteiger partial charge >= 0.3 is 0 Å². The molecule has 0 spiro atoms. The molecule has 1 aliphatic heterocycles. The zero-order valence-electron chi connectivity index (χ0n) is 11.0. The molecule has 1 N–H and O–H groups in total. The lowest BCUT2D eigenvalue weighted by Crippen LogP contribution is -2.05. The molecule has 1 heterocycles. The van der Waals surface area contributed by atoms with Gasteiger partial charge in [-0.2, -0.15) is 0 Å². The molecule has 1 atom stereocenters. The predicted octanol–water partition coefficient (Wildman–Crippen LogP) is 2.92. The summed E-state index contributed by atoms with van der Waals surface area (Å²) in [6, 6.07) is 15.0. The van der Waals surface area contributed by atoms with Crippen LogP contribution in [0.15, 0.2) is 48.5 Å². The van der Waals surface area contributed by atoms with Crippen LogP contribution in [0.5, 0.6) is 17.2 Å². The van der Waals surface area contributed by atoms with Crippen LogP contribution in [-0.2, 0) is 0 Å². The van der Waals surface area contributed by atoms with Crippen molar-refractivity contribution in [3.63, 3.8) is 0 Å². The second-order valence-electron chi connectivity index (χ2n) is 4.58. The number of fused-ring (bicyclic) bond motifs is 1. The highest BCUT2D eigenvalue weighted by Gasteiger charge is 2.14. The number of aliphatic hydroxyl groups excluding tert-OH is 1. The van der Waals surface area contributed by atoms with Gasteiger partial charge in [0, 0.05) is 12.5 Å². The molecule has 1 unspecified atom stereocenters. The average molecular weight is 272 g/mol. The van der Waals surface area contributed by atoms with E-state index in [2.05, 4.69) is 0 Å². The maximum absolute atomic E-state index is 10.0. The molecule has 0 saturated carbocycles. The Morgan fingerprint density at radius 2 is 1.85 bits per heavy atom. The zero-order valence-corrected chi connectivity index (χ0v) is 11.0. The van der Waals surface area contributed by atoms with Gasteiger partial charge in [0.1, 0.15) is 5.75 Å². The van der Waals surface area contributed by atoms with Crippen LogP contribution in [0.2, 0.25) is 0 Å². The average Bonchev–Trinajstić information content (AvgIpc) is 2.95. The minimum Gasteiger partial charge on any atom is -0.493 e. The molecular formula is C16H16O4. The molecule has 0 amide bonds. The normalized spacial score (nSPS) is 14.1. The van der Waals surface area contributed by atoms with Gasteiger partial charge in [0.25, 0.3) is 0 Å². The molecule has 0 bridgehead atoms. The number of benzene rings is 2. The highest BCUT2D eigenvalue weighted by Crippen LogP contribution is 2.35. The summed E-state index contributed by atoms with van der Waals surface area (Å²) in [5.74, 6) is 2.15. The van der Waals surface area contributed by atoms with Gasteiger partial charge in [-0.25, -0.2) is 0 Å². The molecule has 4 heteroatoms. The molecule has 2 aromatic rings. The van der Waals surface area contributed by atoms with E-state index in [0.717, 1.165) is 17.1 Å². The van der Waals surface area contributed by atoms with E-state index in [1.807, 2.05) is 42.5 Å². The molecule has 104 valence electrons. The third-order valence-corrected chi connectivity index (χ3v) is 3.19. The van der Waals surface area contributed by atoms with E-state index in [1.54, 1.807) is 6.07 Å². The van der Waals surface area contributed by atoms with E-state index < -0.39 is 6.10 Å². The Morgan fingerprint density at radius 3 is 2.70 bits per heavy atom. The predicted molar refractivity (Wildman–Crippen MR) is 74.1 cm³/mol. The molecular weight excluding hydrogens is 256 g/mol. The summed E-state index contributed by atoms with van der Waals surface area (Å²) in [6.45, 7) is 0.696. The van der Waals surface area contributed by atoms with Crippen molar-refractivity contribution in [1.29, 1.82) is 0 Å². The lowest BCUT2D eigenvalue weighted by atomic mass is 10.1. The van der Waals surface area contributed by atoms with E-state index in [0.29, 0.717) is 18.8 Å². The number of aliphatic hydroxyl groups is 1. The Balaban J connectivity index is 1.53. The van der Waals surface area contributed by atoms with Gasteiger partial charge < -0.3 is 19.3 Å². The van der Waals surface area contributed by atoms with Crippen LogP contribution in [-0.4, -0.2) is 18.5 Å². The van der Waals surface area contributed by atoms with Gasteiger partial charge in [0.2, 0.25) is 6.79 Å². The molecule has 0 saturated heterocycles. The van der Waals surface area contributed by atoms with Crippen LogP contribution in [0, 0.1) is 0 Å². The Labute approximate surface area is 117 Å². The molecule has 2 aromatic carbocycles. The molecule has 0 fully saturated rings. The minimum atomic E-state index is -0.509. The quantitative estimate of drug-likeness (QED) is 0.909. The van der Waals surface area contributed by atoms with Crippen LogP contribution in [0.3, 0.4) is 0 Å².